The lowest BCUT2D eigenvalue weighted by Crippen LogP contribution is -2.21. The summed E-state index contributed by atoms with van der Waals surface area (Å²) in [7, 11) is 0. The number of nitro groups is 1. The lowest BCUT2D eigenvalue weighted by atomic mass is 9.96. The van der Waals surface area contributed by atoms with Gasteiger partial charge in [0.2, 0.25) is 0 Å². The summed E-state index contributed by atoms with van der Waals surface area (Å²) < 4.78 is 0. The first-order chi connectivity index (χ1) is 8.58. The smallest absolute Gasteiger partial charge is 0.304 e. The van der Waals surface area contributed by atoms with E-state index in [2.05, 4.69) is 5.32 Å². The quantitative estimate of drug-likeness (QED) is 0.514. The van der Waals surface area contributed by atoms with Crippen LogP contribution in [0.4, 0.5) is 10.7 Å². The van der Waals surface area contributed by atoms with Gasteiger partial charge in [-0.05, 0) is 19.8 Å². The fourth-order valence-electron chi connectivity index (χ4n) is 2.23. The number of ketones is 1. The molecule has 1 saturated carbocycles. The van der Waals surface area contributed by atoms with Crippen LogP contribution in [-0.2, 0) is 0 Å². The van der Waals surface area contributed by atoms with Crippen molar-refractivity contribution in [1.82, 2.24) is 0 Å². The highest BCUT2D eigenvalue weighted by Crippen LogP contribution is 2.36. The summed E-state index contributed by atoms with van der Waals surface area (Å²) in [5.41, 5.74) is 0.0239. The predicted octanol–water partition coefficient (Wildman–Crippen LogP) is 3.60. The van der Waals surface area contributed by atoms with Gasteiger partial charge < -0.3 is 5.32 Å². The van der Waals surface area contributed by atoms with Crippen LogP contribution in [0.1, 0.15) is 48.7 Å². The van der Waals surface area contributed by atoms with Gasteiger partial charge in [-0.3, -0.25) is 14.9 Å². The molecular formula is C12H16N2O3S. The molecule has 1 aliphatic carbocycles. The zero-order valence-corrected chi connectivity index (χ0v) is 11.1. The molecule has 0 radical (unpaired) electrons. The topological polar surface area (TPSA) is 72.2 Å². The van der Waals surface area contributed by atoms with Crippen LogP contribution >= 0.6 is 11.3 Å². The molecule has 1 heterocycles. The molecule has 0 aromatic carbocycles. The zero-order valence-electron chi connectivity index (χ0n) is 10.3. The van der Waals surface area contributed by atoms with Gasteiger partial charge in [-0.2, -0.15) is 0 Å². The molecule has 0 unspecified atom stereocenters. The molecule has 5 nitrogen and oxygen atoms in total. The number of thiophene rings is 1. The Morgan fingerprint density at radius 3 is 2.67 bits per heavy atom. The lowest BCUT2D eigenvalue weighted by molar-refractivity contribution is -0.383. The van der Waals surface area contributed by atoms with E-state index in [4.69, 9.17) is 0 Å². The van der Waals surface area contributed by atoms with Crippen molar-refractivity contribution in [2.45, 2.75) is 45.1 Å². The van der Waals surface area contributed by atoms with E-state index >= 15 is 0 Å². The van der Waals surface area contributed by atoms with Gasteiger partial charge in [-0.25, -0.2) is 0 Å². The number of hydrogen-bond donors (Lipinski definition) is 1. The summed E-state index contributed by atoms with van der Waals surface area (Å²) >= 11 is 1.19. The van der Waals surface area contributed by atoms with E-state index in [9.17, 15) is 14.9 Å². The number of nitrogens with one attached hydrogen (secondary N) is 1. The van der Waals surface area contributed by atoms with Crippen molar-refractivity contribution in [3.8, 4) is 0 Å². The third kappa shape index (κ3) is 2.87. The molecule has 0 saturated heterocycles. The Labute approximate surface area is 109 Å². The van der Waals surface area contributed by atoms with Gasteiger partial charge in [-0.1, -0.05) is 19.3 Å². The van der Waals surface area contributed by atoms with E-state index in [1.54, 1.807) is 0 Å². The SMILES string of the molecule is CC(=O)c1cc([N+](=O)[O-])c(NC2CCCCC2)s1. The highest BCUT2D eigenvalue weighted by molar-refractivity contribution is 7.18. The van der Waals surface area contributed by atoms with Gasteiger partial charge in [0.25, 0.3) is 0 Å². The minimum absolute atomic E-state index is 0.0239. The maximum Gasteiger partial charge on any atom is 0.304 e. The van der Waals surface area contributed by atoms with Gasteiger partial charge in [-0.15, -0.1) is 11.3 Å². The van der Waals surface area contributed by atoms with Gasteiger partial charge in [0.1, 0.15) is 0 Å². The minimum atomic E-state index is -0.423. The van der Waals surface area contributed by atoms with Crippen molar-refractivity contribution < 1.29 is 9.72 Å². The Morgan fingerprint density at radius 1 is 1.44 bits per heavy atom. The molecule has 1 aromatic rings. The second-order valence-electron chi connectivity index (χ2n) is 4.62. The van der Waals surface area contributed by atoms with Crippen LogP contribution in [0.15, 0.2) is 6.07 Å². The van der Waals surface area contributed by atoms with Gasteiger partial charge in [0.05, 0.1) is 9.80 Å². The highest BCUT2D eigenvalue weighted by Gasteiger charge is 2.23. The van der Waals surface area contributed by atoms with Crippen molar-refractivity contribution in [1.29, 1.82) is 0 Å². The maximum atomic E-state index is 11.3. The van der Waals surface area contributed by atoms with Gasteiger partial charge in [0, 0.05) is 12.1 Å². The maximum absolute atomic E-state index is 11.3. The van der Waals surface area contributed by atoms with Crippen LogP contribution in [0.25, 0.3) is 0 Å². The van der Waals surface area contributed by atoms with E-state index in [0.717, 1.165) is 25.7 Å². The molecule has 0 aliphatic heterocycles. The first kappa shape index (κ1) is 13.0. The Kier molecular flexibility index (Phi) is 3.96. The molecule has 0 atom stereocenters. The molecule has 0 bridgehead atoms. The predicted molar refractivity (Wildman–Crippen MR) is 71.5 cm³/mol. The van der Waals surface area contributed by atoms with E-state index in [1.807, 2.05) is 0 Å². The van der Waals surface area contributed by atoms with E-state index in [0.29, 0.717) is 15.9 Å². The van der Waals surface area contributed by atoms with Crippen LogP contribution in [0.3, 0.4) is 0 Å². The Bertz CT molecular complexity index is 464. The Balaban J connectivity index is 2.19. The summed E-state index contributed by atoms with van der Waals surface area (Å²) in [4.78, 5) is 22.3. The largest absolute Gasteiger partial charge is 0.369 e. The van der Waals surface area contributed by atoms with Crippen LogP contribution in [0.5, 0.6) is 0 Å². The van der Waals surface area contributed by atoms with Crippen LogP contribution in [0, 0.1) is 10.1 Å². The number of nitrogens with zero attached hydrogens (tertiary/aromatic N) is 1. The van der Waals surface area contributed by atoms with E-state index < -0.39 is 4.92 Å². The van der Waals surface area contributed by atoms with E-state index in [-0.39, 0.29) is 11.5 Å². The first-order valence-corrected chi connectivity index (χ1v) is 6.95. The summed E-state index contributed by atoms with van der Waals surface area (Å²) in [5.74, 6) is -0.125. The monoisotopic (exact) mass is 268 g/mol. The Hall–Kier alpha value is -1.43. The normalized spacial score (nSPS) is 16.5. The van der Waals surface area contributed by atoms with Crippen molar-refractivity contribution >= 4 is 27.8 Å². The van der Waals surface area contributed by atoms with Crippen LogP contribution in [-0.4, -0.2) is 16.7 Å². The zero-order chi connectivity index (χ0) is 13.1. The van der Waals surface area contributed by atoms with Crippen LogP contribution in [0.2, 0.25) is 0 Å². The number of carbonyl (C=O) groups excluding carboxylic acids is 1. The van der Waals surface area contributed by atoms with Crippen molar-refractivity contribution in [2.24, 2.45) is 0 Å². The number of carbonyl (C=O) groups is 1. The number of hydrogen-bond acceptors (Lipinski definition) is 5. The fraction of sp³-hybridized carbons (Fsp3) is 0.583. The molecule has 1 aromatic heterocycles. The summed E-state index contributed by atoms with van der Waals surface area (Å²) in [6, 6.07) is 1.67. The molecule has 1 N–H and O–H groups in total. The van der Waals surface area contributed by atoms with Crippen molar-refractivity contribution in [2.75, 3.05) is 5.32 Å². The first-order valence-electron chi connectivity index (χ1n) is 6.13. The fourth-order valence-corrected chi connectivity index (χ4v) is 3.22. The molecule has 2 rings (SSSR count). The third-order valence-electron chi connectivity index (χ3n) is 3.20. The highest BCUT2D eigenvalue weighted by atomic mass is 32.1. The van der Waals surface area contributed by atoms with Crippen molar-refractivity contribution in [3.63, 3.8) is 0 Å². The summed E-state index contributed by atoms with van der Waals surface area (Å²) in [6.45, 7) is 1.43. The molecule has 6 heteroatoms. The standard InChI is InChI=1S/C12H16N2O3S/c1-8(15)11-7-10(14(16)17)12(18-11)13-9-5-3-2-4-6-9/h7,9,13H,2-6H2,1H3. The molecule has 0 amide bonds. The number of rotatable bonds is 4. The summed E-state index contributed by atoms with van der Waals surface area (Å²) in [5, 5.41) is 14.7. The summed E-state index contributed by atoms with van der Waals surface area (Å²) in [6.07, 6.45) is 5.66. The molecular weight excluding hydrogens is 252 g/mol. The second-order valence-corrected chi connectivity index (χ2v) is 5.67. The molecule has 1 aliphatic rings. The molecule has 0 spiro atoms. The van der Waals surface area contributed by atoms with Gasteiger partial charge in [0.15, 0.2) is 10.8 Å². The Morgan fingerprint density at radius 2 is 2.11 bits per heavy atom. The number of Topliss-reactive ketones (excluding diaryl/α,β-unsaturated/α-hetero) is 1. The van der Waals surface area contributed by atoms with Crippen LogP contribution < -0.4 is 5.32 Å². The molecule has 98 valence electrons. The average molecular weight is 268 g/mol. The lowest BCUT2D eigenvalue weighted by Gasteiger charge is -2.22. The van der Waals surface area contributed by atoms with E-state index in [1.165, 1.54) is 30.7 Å². The average Bonchev–Trinajstić information content (AvgIpc) is 2.74. The second kappa shape index (κ2) is 5.48. The molecule has 18 heavy (non-hydrogen) atoms. The third-order valence-corrected chi connectivity index (χ3v) is 4.35. The number of anilines is 1. The van der Waals surface area contributed by atoms with Crippen molar-refractivity contribution in [3.05, 3.63) is 21.1 Å². The van der Waals surface area contributed by atoms with Gasteiger partial charge >= 0.3 is 5.69 Å². The minimum Gasteiger partial charge on any atom is -0.369 e. The molecule has 1 fully saturated rings.